The third-order valence-electron chi connectivity index (χ3n) is 4.56. The van der Waals surface area contributed by atoms with Crippen LogP contribution in [0.15, 0.2) is 60.7 Å². The lowest BCUT2D eigenvalue weighted by molar-refractivity contribution is -0.137. The number of rotatable bonds is 6. The molecule has 0 aromatic heterocycles. The van der Waals surface area contributed by atoms with Crippen molar-refractivity contribution in [3.05, 3.63) is 87.9 Å². The number of aryl methyl sites for hydroxylation is 1. The van der Waals surface area contributed by atoms with Crippen LogP contribution in [0, 0.1) is 6.92 Å². The van der Waals surface area contributed by atoms with E-state index in [1.54, 1.807) is 12.1 Å². The quantitative estimate of drug-likeness (QED) is 0.467. The smallest absolute Gasteiger partial charge is 0.416 e. The minimum Gasteiger partial charge on any atom is -0.496 e. The van der Waals surface area contributed by atoms with Crippen molar-refractivity contribution in [3.63, 3.8) is 0 Å². The Morgan fingerprint density at radius 1 is 1.03 bits per heavy atom. The summed E-state index contributed by atoms with van der Waals surface area (Å²) in [5, 5.41) is 2.43. The largest absolute Gasteiger partial charge is 0.496 e. The molecule has 0 radical (unpaired) electrons. The number of alkyl halides is 3. The molecule has 3 aromatic rings. The molecular formula is C23H19ClF3NO3. The van der Waals surface area contributed by atoms with Gasteiger partial charge in [0.15, 0.2) is 0 Å². The molecule has 3 rings (SSSR count). The van der Waals surface area contributed by atoms with Gasteiger partial charge in [-0.2, -0.15) is 13.2 Å². The molecule has 3 aromatic carbocycles. The topological polar surface area (TPSA) is 47.6 Å². The summed E-state index contributed by atoms with van der Waals surface area (Å²) in [6.07, 6.45) is -4.55. The summed E-state index contributed by atoms with van der Waals surface area (Å²) in [6, 6.07) is 14.9. The zero-order valence-electron chi connectivity index (χ0n) is 16.7. The Morgan fingerprint density at radius 2 is 1.77 bits per heavy atom. The number of halogens is 4. The Hall–Kier alpha value is -3.19. The van der Waals surface area contributed by atoms with Gasteiger partial charge in [0.25, 0.3) is 5.91 Å². The highest BCUT2D eigenvalue weighted by Crippen LogP contribution is 2.34. The second-order valence-electron chi connectivity index (χ2n) is 6.73. The van der Waals surface area contributed by atoms with E-state index in [4.69, 9.17) is 21.1 Å². The molecule has 0 unspecified atom stereocenters. The maximum Gasteiger partial charge on any atom is 0.416 e. The molecule has 0 bridgehead atoms. The van der Waals surface area contributed by atoms with Gasteiger partial charge in [-0.1, -0.05) is 29.8 Å². The van der Waals surface area contributed by atoms with Crippen LogP contribution in [0.25, 0.3) is 0 Å². The predicted molar refractivity (Wildman–Crippen MR) is 113 cm³/mol. The average Bonchev–Trinajstić information content (AvgIpc) is 2.73. The van der Waals surface area contributed by atoms with Crippen LogP contribution in [0.4, 0.5) is 18.9 Å². The van der Waals surface area contributed by atoms with Gasteiger partial charge in [0.1, 0.15) is 18.1 Å². The van der Waals surface area contributed by atoms with Gasteiger partial charge in [-0.25, -0.2) is 0 Å². The first-order valence-corrected chi connectivity index (χ1v) is 9.60. The molecule has 0 saturated heterocycles. The van der Waals surface area contributed by atoms with E-state index < -0.39 is 17.6 Å². The molecule has 0 atom stereocenters. The zero-order valence-corrected chi connectivity index (χ0v) is 17.5. The van der Waals surface area contributed by atoms with Gasteiger partial charge in [0, 0.05) is 11.1 Å². The first-order valence-electron chi connectivity index (χ1n) is 9.22. The molecule has 1 amide bonds. The van der Waals surface area contributed by atoms with Crippen molar-refractivity contribution in [2.45, 2.75) is 19.7 Å². The molecule has 0 aliphatic rings. The first kappa shape index (κ1) is 22.5. The fourth-order valence-electron chi connectivity index (χ4n) is 2.90. The lowest BCUT2D eigenvalue weighted by Crippen LogP contribution is -2.14. The minimum atomic E-state index is -4.55. The molecule has 0 spiro atoms. The van der Waals surface area contributed by atoms with Gasteiger partial charge in [-0.3, -0.25) is 4.79 Å². The highest BCUT2D eigenvalue weighted by Gasteiger charge is 2.31. The van der Waals surface area contributed by atoms with Crippen LogP contribution >= 0.6 is 11.6 Å². The van der Waals surface area contributed by atoms with E-state index in [1.165, 1.54) is 13.2 Å². The number of hydrogen-bond acceptors (Lipinski definition) is 3. The Bertz CT molecular complexity index is 1100. The summed E-state index contributed by atoms with van der Waals surface area (Å²) in [6.45, 7) is 2.05. The molecule has 162 valence electrons. The zero-order chi connectivity index (χ0) is 22.6. The van der Waals surface area contributed by atoms with E-state index >= 15 is 0 Å². The lowest BCUT2D eigenvalue weighted by Gasteiger charge is -2.14. The number of anilines is 1. The molecule has 0 aliphatic heterocycles. The molecule has 8 heteroatoms. The van der Waals surface area contributed by atoms with Crippen LogP contribution in [-0.4, -0.2) is 13.0 Å². The van der Waals surface area contributed by atoms with Crippen LogP contribution in [0.2, 0.25) is 5.02 Å². The Kier molecular flexibility index (Phi) is 6.75. The van der Waals surface area contributed by atoms with E-state index in [1.807, 2.05) is 31.2 Å². The molecule has 0 heterocycles. The Labute approximate surface area is 182 Å². The molecule has 0 aliphatic carbocycles. The fourth-order valence-corrected chi connectivity index (χ4v) is 3.06. The van der Waals surface area contributed by atoms with Crippen molar-refractivity contribution in [2.24, 2.45) is 0 Å². The third-order valence-corrected chi connectivity index (χ3v) is 4.89. The highest BCUT2D eigenvalue weighted by molar-refractivity contribution is 6.34. The number of carbonyl (C=O) groups excluding carboxylic acids is 1. The number of benzene rings is 3. The van der Waals surface area contributed by atoms with Crippen LogP contribution < -0.4 is 14.8 Å². The molecule has 4 nitrogen and oxygen atoms in total. The van der Waals surface area contributed by atoms with Gasteiger partial charge in [0.2, 0.25) is 0 Å². The van der Waals surface area contributed by atoms with E-state index in [-0.39, 0.29) is 22.9 Å². The second kappa shape index (κ2) is 9.31. The summed E-state index contributed by atoms with van der Waals surface area (Å²) in [4.78, 5) is 12.7. The average molecular weight is 450 g/mol. The Morgan fingerprint density at radius 3 is 2.45 bits per heavy atom. The van der Waals surface area contributed by atoms with Crippen LogP contribution in [0.1, 0.15) is 27.0 Å². The molecule has 0 saturated carbocycles. The van der Waals surface area contributed by atoms with Gasteiger partial charge in [-0.05, 0) is 55.0 Å². The van der Waals surface area contributed by atoms with Crippen molar-refractivity contribution >= 4 is 23.2 Å². The lowest BCUT2D eigenvalue weighted by atomic mass is 10.1. The maximum atomic E-state index is 13.0. The summed E-state index contributed by atoms with van der Waals surface area (Å²) in [5.74, 6) is 0.596. The normalized spacial score (nSPS) is 11.2. The minimum absolute atomic E-state index is 0.00188. The van der Waals surface area contributed by atoms with Crippen molar-refractivity contribution in [1.82, 2.24) is 0 Å². The monoisotopic (exact) mass is 449 g/mol. The maximum absolute atomic E-state index is 13.0. The van der Waals surface area contributed by atoms with Crippen LogP contribution in [-0.2, 0) is 12.8 Å². The van der Waals surface area contributed by atoms with E-state index in [0.29, 0.717) is 17.1 Å². The fraction of sp³-hybridized carbons (Fsp3) is 0.174. The molecule has 1 N–H and O–H groups in total. The summed E-state index contributed by atoms with van der Waals surface area (Å²) in [5.41, 5.74) is 0.741. The molecule has 0 fully saturated rings. The van der Waals surface area contributed by atoms with E-state index in [2.05, 4.69) is 5.32 Å². The first-order chi connectivity index (χ1) is 14.7. The van der Waals surface area contributed by atoms with Gasteiger partial charge in [0.05, 0.1) is 23.4 Å². The van der Waals surface area contributed by atoms with Crippen LogP contribution in [0.5, 0.6) is 11.5 Å². The van der Waals surface area contributed by atoms with Crippen molar-refractivity contribution < 1.29 is 27.4 Å². The third kappa shape index (κ3) is 5.49. The van der Waals surface area contributed by atoms with Crippen LogP contribution in [0.3, 0.4) is 0 Å². The van der Waals surface area contributed by atoms with Gasteiger partial charge < -0.3 is 14.8 Å². The second-order valence-corrected chi connectivity index (χ2v) is 7.13. The highest BCUT2D eigenvalue weighted by atomic mass is 35.5. The van der Waals surface area contributed by atoms with E-state index in [0.717, 1.165) is 23.8 Å². The van der Waals surface area contributed by atoms with Crippen molar-refractivity contribution in [2.75, 3.05) is 12.4 Å². The summed E-state index contributed by atoms with van der Waals surface area (Å²) < 4.78 is 50.1. The number of nitrogens with one attached hydrogen (secondary N) is 1. The number of methoxy groups -OCH3 is 1. The predicted octanol–water partition coefficient (Wildman–Crippen LogP) is 6.51. The van der Waals surface area contributed by atoms with Crippen molar-refractivity contribution in [3.8, 4) is 11.5 Å². The number of amides is 1. The standard InChI is InChI=1S/C23H19ClF3NO3/c1-14-5-3-4-6-20(14)31-13-16-11-15(7-10-21(16)30-2)22(29)28-19-12-17(23(25,26)27)8-9-18(19)24/h3-12H,13H2,1-2H3,(H,28,29). The summed E-state index contributed by atoms with van der Waals surface area (Å²) >= 11 is 5.97. The Balaban J connectivity index is 1.82. The number of ether oxygens (including phenoxy) is 2. The van der Waals surface area contributed by atoms with Crippen molar-refractivity contribution in [1.29, 1.82) is 0 Å². The SMILES string of the molecule is COc1ccc(C(=O)Nc2cc(C(F)(F)F)ccc2Cl)cc1COc1ccccc1C. The number of hydrogen-bond donors (Lipinski definition) is 1. The number of carbonyl (C=O) groups is 1. The summed E-state index contributed by atoms with van der Waals surface area (Å²) in [7, 11) is 1.49. The van der Waals surface area contributed by atoms with E-state index in [9.17, 15) is 18.0 Å². The molecule has 31 heavy (non-hydrogen) atoms. The molecular weight excluding hydrogens is 431 g/mol. The van der Waals surface area contributed by atoms with Gasteiger partial charge >= 0.3 is 6.18 Å². The van der Waals surface area contributed by atoms with Gasteiger partial charge in [-0.15, -0.1) is 0 Å². The number of para-hydroxylation sites is 1.